The second-order valence-electron chi connectivity index (χ2n) is 4.83. The van der Waals surface area contributed by atoms with Crippen LogP contribution in [0.4, 0.5) is 10.1 Å². The molecule has 0 aliphatic carbocycles. The first-order valence-electron chi connectivity index (χ1n) is 6.64. The second-order valence-corrected chi connectivity index (χ2v) is 4.83. The molecule has 20 heavy (non-hydrogen) atoms. The van der Waals surface area contributed by atoms with Gasteiger partial charge in [0, 0.05) is 12.2 Å². The fourth-order valence-corrected chi connectivity index (χ4v) is 2.43. The van der Waals surface area contributed by atoms with Gasteiger partial charge in [-0.2, -0.15) is 0 Å². The van der Waals surface area contributed by atoms with Crippen molar-refractivity contribution in [3.63, 3.8) is 0 Å². The summed E-state index contributed by atoms with van der Waals surface area (Å²) in [6.45, 7) is 1.29. The van der Waals surface area contributed by atoms with Gasteiger partial charge < -0.3 is 10.6 Å². The van der Waals surface area contributed by atoms with Gasteiger partial charge in [-0.05, 0) is 29.7 Å². The predicted octanol–water partition coefficient (Wildman–Crippen LogP) is 2.70. The average molecular weight is 269 g/mol. The number of rotatable bonds is 2. The smallest absolute Gasteiger partial charge is 0.196 e. The first-order valence-corrected chi connectivity index (χ1v) is 6.64. The van der Waals surface area contributed by atoms with Gasteiger partial charge in [0.25, 0.3) is 0 Å². The highest BCUT2D eigenvalue weighted by Crippen LogP contribution is 2.28. The van der Waals surface area contributed by atoms with E-state index in [0.29, 0.717) is 12.5 Å². The SMILES string of the molecule is NC(=NCc1ccccc1)N1CCc2ccc(F)cc21. The first-order chi connectivity index (χ1) is 9.74. The second kappa shape index (κ2) is 5.33. The van der Waals surface area contributed by atoms with E-state index in [0.717, 1.165) is 29.8 Å². The van der Waals surface area contributed by atoms with Crippen LogP contribution in [0, 0.1) is 5.82 Å². The molecule has 0 fully saturated rings. The molecule has 1 heterocycles. The first kappa shape index (κ1) is 12.7. The molecule has 2 aromatic carbocycles. The fraction of sp³-hybridized carbons (Fsp3) is 0.188. The van der Waals surface area contributed by atoms with Gasteiger partial charge in [-0.25, -0.2) is 9.38 Å². The highest BCUT2D eigenvalue weighted by molar-refractivity contribution is 5.96. The zero-order chi connectivity index (χ0) is 13.9. The number of halogens is 1. The van der Waals surface area contributed by atoms with Crippen LogP contribution in [0.1, 0.15) is 11.1 Å². The topological polar surface area (TPSA) is 41.6 Å². The van der Waals surface area contributed by atoms with Gasteiger partial charge in [0.2, 0.25) is 0 Å². The summed E-state index contributed by atoms with van der Waals surface area (Å²) >= 11 is 0. The summed E-state index contributed by atoms with van der Waals surface area (Å²) in [5.41, 5.74) is 9.10. The van der Waals surface area contributed by atoms with Crippen LogP contribution in [0.25, 0.3) is 0 Å². The molecule has 4 heteroatoms. The molecule has 0 spiro atoms. The molecule has 0 amide bonds. The summed E-state index contributed by atoms with van der Waals surface area (Å²) in [5.74, 6) is 0.199. The van der Waals surface area contributed by atoms with E-state index in [1.807, 2.05) is 41.3 Å². The average Bonchev–Trinajstić information content (AvgIpc) is 2.89. The minimum Gasteiger partial charge on any atom is -0.370 e. The lowest BCUT2D eigenvalue weighted by molar-refractivity contribution is 0.628. The quantitative estimate of drug-likeness (QED) is 0.672. The third-order valence-electron chi connectivity index (χ3n) is 3.49. The molecule has 3 rings (SSSR count). The van der Waals surface area contributed by atoms with Crippen molar-refractivity contribution in [1.82, 2.24) is 0 Å². The number of aliphatic imine (C=N–C) groups is 1. The number of nitrogens with zero attached hydrogens (tertiary/aromatic N) is 2. The Kier molecular flexibility index (Phi) is 3.37. The van der Waals surface area contributed by atoms with E-state index >= 15 is 0 Å². The van der Waals surface area contributed by atoms with Crippen LogP contribution < -0.4 is 10.6 Å². The molecule has 2 N–H and O–H groups in total. The summed E-state index contributed by atoms with van der Waals surface area (Å²) in [4.78, 5) is 6.28. The lowest BCUT2D eigenvalue weighted by Crippen LogP contribution is -2.36. The van der Waals surface area contributed by atoms with Crippen LogP contribution >= 0.6 is 0 Å². The van der Waals surface area contributed by atoms with Gasteiger partial charge in [0.1, 0.15) is 5.82 Å². The number of guanidine groups is 1. The number of nitrogens with two attached hydrogens (primary N) is 1. The van der Waals surface area contributed by atoms with E-state index in [2.05, 4.69) is 4.99 Å². The Bertz CT molecular complexity index is 637. The number of fused-ring (bicyclic) bond motifs is 1. The molecule has 1 aliphatic heterocycles. The molecular weight excluding hydrogens is 253 g/mol. The monoisotopic (exact) mass is 269 g/mol. The maximum atomic E-state index is 13.3. The fourth-order valence-electron chi connectivity index (χ4n) is 2.43. The van der Waals surface area contributed by atoms with E-state index < -0.39 is 0 Å². The van der Waals surface area contributed by atoms with Crippen LogP contribution in [-0.4, -0.2) is 12.5 Å². The van der Waals surface area contributed by atoms with Crippen LogP contribution in [-0.2, 0) is 13.0 Å². The van der Waals surface area contributed by atoms with Crippen LogP contribution in [0.15, 0.2) is 53.5 Å². The van der Waals surface area contributed by atoms with Crippen LogP contribution in [0.5, 0.6) is 0 Å². The van der Waals surface area contributed by atoms with Crippen molar-refractivity contribution in [3.8, 4) is 0 Å². The van der Waals surface area contributed by atoms with Crippen molar-refractivity contribution in [1.29, 1.82) is 0 Å². The standard InChI is InChI=1S/C16H16FN3/c17-14-7-6-13-8-9-20(15(13)10-14)16(18)19-11-12-4-2-1-3-5-12/h1-7,10H,8-9,11H2,(H2,18,19). The van der Waals surface area contributed by atoms with E-state index in [-0.39, 0.29) is 5.82 Å². The molecule has 0 bridgehead atoms. The van der Waals surface area contributed by atoms with Gasteiger partial charge in [-0.3, -0.25) is 0 Å². The number of hydrogen-bond donors (Lipinski definition) is 1. The van der Waals surface area contributed by atoms with Crippen molar-refractivity contribution >= 4 is 11.6 Å². The van der Waals surface area contributed by atoms with Crippen molar-refractivity contribution in [3.05, 3.63) is 65.5 Å². The zero-order valence-electron chi connectivity index (χ0n) is 11.1. The molecule has 1 aliphatic rings. The molecule has 0 aromatic heterocycles. The lowest BCUT2D eigenvalue weighted by atomic mass is 10.2. The van der Waals surface area contributed by atoms with Crippen LogP contribution in [0.2, 0.25) is 0 Å². The van der Waals surface area contributed by atoms with Crippen LogP contribution in [0.3, 0.4) is 0 Å². The number of hydrogen-bond acceptors (Lipinski definition) is 1. The molecule has 102 valence electrons. The predicted molar refractivity (Wildman–Crippen MR) is 79.2 cm³/mol. The van der Waals surface area contributed by atoms with Crippen molar-refractivity contribution in [2.75, 3.05) is 11.4 Å². The summed E-state index contributed by atoms with van der Waals surface area (Å²) < 4.78 is 13.3. The zero-order valence-corrected chi connectivity index (χ0v) is 11.1. The number of anilines is 1. The summed E-state index contributed by atoms with van der Waals surface area (Å²) in [5, 5.41) is 0. The Morgan fingerprint density at radius 1 is 1.20 bits per heavy atom. The Hall–Kier alpha value is -2.36. The maximum Gasteiger partial charge on any atom is 0.196 e. The van der Waals surface area contributed by atoms with Gasteiger partial charge in [0.05, 0.1) is 6.54 Å². The molecule has 0 saturated carbocycles. The van der Waals surface area contributed by atoms with Crippen molar-refractivity contribution in [2.24, 2.45) is 10.7 Å². The van der Waals surface area contributed by atoms with E-state index in [1.165, 1.54) is 12.1 Å². The van der Waals surface area contributed by atoms with E-state index in [4.69, 9.17) is 5.73 Å². The van der Waals surface area contributed by atoms with E-state index in [1.54, 1.807) is 0 Å². The maximum absolute atomic E-state index is 13.3. The Balaban J connectivity index is 1.79. The Morgan fingerprint density at radius 2 is 2.00 bits per heavy atom. The molecule has 2 aromatic rings. The third kappa shape index (κ3) is 2.50. The molecular formula is C16H16FN3. The Morgan fingerprint density at radius 3 is 2.80 bits per heavy atom. The summed E-state index contributed by atoms with van der Waals surface area (Å²) in [6, 6.07) is 14.8. The van der Waals surface area contributed by atoms with Gasteiger partial charge in [0.15, 0.2) is 5.96 Å². The van der Waals surface area contributed by atoms with Gasteiger partial charge in [-0.15, -0.1) is 0 Å². The Labute approximate surface area is 117 Å². The molecule has 3 nitrogen and oxygen atoms in total. The van der Waals surface area contributed by atoms with Crippen molar-refractivity contribution < 1.29 is 4.39 Å². The van der Waals surface area contributed by atoms with Crippen molar-refractivity contribution in [2.45, 2.75) is 13.0 Å². The minimum atomic E-state index is -0.244. The largest absolute Gasteiger partial charge is 0.370 e. The van der Waals surface area contributed by atoms with Gasteiger partial charge >= 0.3 is 0 Å². The summed E-state index contributed by atoms with van der Waals surface area (Å²) in [7, 11) is 0. The third-order valence-corrected chi connectivity index (χ3v) is 3.49. The van der Waals surface area contributed by atoms with Gasteiger partial charge in [-0.1, -0.05) is 36.4 Å². The van der Waals surface area contributed by atoms with E-state index in [9.17, 15) is 4.39 Å². The minimum absolute atomic E-state index is 0.244. The summed E-state index contributed by atoms with van der Waals surface area (Å²) in [6.07, 6.45) is 0.872. The normalized spacial score (nSPS) is 14.4. The molecule has 0 unspecified atom stereocenters. The highest BCUT2D eigenvalue weighted by Gasteiger charge is 2.21. The highest BCUT2D eigenvalue weighted by atomic mass is 19.1. The molecule has 0 saturated heterocycles. The molecule has 0 atom stereocenters. The molecule has 0 radical (unpaired) electrons. The number of benzene rings is 2. The lowest BCUT2D eigenvalue weighted by Gasteiger charge is -2.18.